The van der Waals surface area contributed by atoms with Crippen molar-refractivity contribution in [3.05, 3.63) is 41.2 Å². The largest absolute Gasteiger partial charge is 0.505 e. The first-order valence-corrected chi connectivity index (χ1v) is 8.34. The van der Waals surface area contributed by atoms with E-state index in [0.717, 1.165) is 18.0 Å². The highest BCUT2D eigenvalue weighted by Crippen LogP contribution is 2.36. The molecule has 0 saturated heterocycles. The van der Waals surface area contributed by atoms with Crippen molar-refractivity contribution < 1.29 is 24.1 Å². The van der Waals surface area contributed by atoms with Gasteiger partial charge in [-0.3, -0.25) is 4.79 Å². The van der Waals surface area contributed by atoms with Gasteiger partial charge in [-0.05, 0) is 31.0 Å². The second-order valence-electron chi connectivity index (χ2n) is 6.28. The van der Waals surface area contributed by atoms with Crippen molar-refractivity contribution in [3.8, 4) is 5.75 Å². The number of phenols is 1. The van der Waals surface area contributed by atoms with Gasteiger partial charge in [0, 0.05) is 31.2 Å². The predicted molar refractivity (Wildman–Crippen MR) is 89.1 cm³/mol. The van der Waals surface area contributed by atoms with Crippen LogP contribution >= 0.6 is 0 Å². The Bertz CT molecular complexity index is 789. The fraction of sp³-hybridized carbons (Fsp3) is 0.471. The number of aromatic hydroxyl groups is 1. The minimum Gasteiger partial charge on any atom is -0.505 e. The summed E-state index contributed by atoms with van der Waals surface area (Å²) < 4.78 is 20.0. The third kappa shape index (κ3) is 3.68. The quantitative estimate of drug-likeness (QED) is 0.675. The lowest BCUT2D eigenvalue weighted by molar-refractivity contribution is 0.0905. The van der Waals surface area contributed by atoms with Crippen LogP contribution in [0, 0.1) is 5.82 Å². The van der Waals surface area contributed by atoms with E-state index >= 15 is 0 Å². The lowest BCUT2D eigenvalue weighted by atomic mass is 9.79. The summed E-state index contributed by atoms with van der Waals surface area (Å²) in [5.41, 5.74) is 0.207. The Morgan fingerprint density at radius 1 is 1.42 bits per heavy atom. The summed E-state index contributed by atoms with van der Waals surface area (Å²) in [6.07, 6.45) is 1.38. The molecule has 0 spiro atoms. The fourth-order valence-electron chi connectivity index (χ4n) is 3.06. The number of phenolic OH excluding ortho intramolecular Hbond substituents is 1. The first-order valence-electron chi connectivity index (χ1n) is 8.34. The van der Waals surface area contributed by atoms with Crippen molar-refractivity contribution in [2.45, 2.75) is 38.0 Å². The molecule has 1 aromatic carbocycles. The molecule has 8 nitrogen and oxygen atoms in total. The summed E-state index contributed by atoms with van der Waals surface area (Å²) in [5, 5.41) is 29.8. The number of hydrogen-bond donors (Lipinski definition) is 3. The molecule has 1 aliphatic carbocycles. The molecule has 0 aliphatic heterocycles. The summed E-state index contributed by atoms with van der Waals surface area (Å²) >= 11 is 0. The molecule has 3 rings (SSSR count). The number of ether oxygens (including phenoxy) is 1. The Labute approximate surface area is 149 Å². The number of aliphatic hydroxyl groups is 1. The minimum atomic E-state index is -0.764. The molecule has 1 aromatic heterocycles. The third-order valence-electron chi connectivity index (χ3n) is 4.56. The molecule has 1 aliphatic rings. The second-order valence-corrected chi connectivity index (χ2v) is 6.28. The first-order chi connectivity index (χ1) is 12.5. The zero-order valence-electron chi connectivity index (χ0n) is 14.4. The number of halogens is 1. The molecule has 3 N–H and O–H groups in total. The van der Waals surface area contributed by atoms with E-state index in [9.17, 15) is 19.4 Å². The Hall–Kier alpha value is -2.52. The number of nitrogens with zero attached hydrogens (tertiary/aromatic N) is 3. The molecule has 0 atom stereocenters. The summed E-state index contributed by atoms with van der Waals surface area (Å²) in [6, 6.07) is 3.46. The SMILES string of the molecule is COCCn1c(CO)nnc1C1CC(NC(=O)c2ccc(F)c(O)c2)C1. The molecule has 1 saturated carbocycles. The van der Waals surface area contributed by atoms with Crippen LogP contribution in [0.2, 0.25) is 0 Å². The summed E-state index contributed by atoms with van der Waals surface area (Å²) in [5.74, 6) is -0.276. The zero-order valence-corrected chi connectivity index (χ0v) is 14.4. The molecule has 0 radical (unpaired) electrons. The van der Waals surface area contributed by atoms with Crippen molar-refractivity contribution in [3.63, 3.8) is 0 Å². The van der Waals surface area contributed by atoms with Crippen molar-refractivity contribution in [1.82, 2.24) is 20.1 Å². The highest BCUT2D eigenvalue weighted by Gasteiger charge is 2.35. The van der Waals surface area contributed by atoms with Crippen molar-refractivity contribution >= 4 is 5.91 Å². The molecule has 2 aromatic rings. The van der Waals surface area contributed by atoms with Crippen molar-refractivity contribution in [1.29, 1.82) is 0 Å². The second kappa shape index (κ2) is 7.79. The molecular formula is C17H21FN4O4. The topological polar surface area (TPSA) is 110 Å². The number of aliphatic hydroxyl groups excluding tert-OH is 1. The standard InChI is InChI=1S/C17H21FN4O4/c1-26-5-4-22-15(9-23)20-21-16(22)11-6-12(7-11)19-17(25)10-2-3-13(18)14(24)8-10/h2-3,8,11-12,23-24H,4-7,9H2,1H3,(H,19,25). The van der Waals surface area contributed by atoms with Crippen LogP contribution in [-0.2, 0) is 17.9 Å². The normalized spacial score (nSPS) is 19.2. The molecule has 1 fully saturated rings. The van der Waals surface area contributed by atoms with Crippen LogP contribution in [0.5, 0.6) is 5.75 Å². The number of carbonyl (C=O) groups is 1. The molecule has 26 heavy (non-hydrogen) atoms. The summed E-state index contributed by atoms with van der Waals surface area (Å²) in [4.78, 5) is 12.2. The fourth-order valence-corrected chi connectivity index (χ4v) is 3.06. The average molecular weight is 364 g/mol. The van der Waals surface area contributed by atoms with Gasteiger partial charge in [0.15, 0.2) is 17.4 Å². The number of carbonyl (C=O) groups excluding carboxylic acids is 1. The number of methoxy groups -OCH3 is 1. The van der Waals surface area contributed by atoms with Gasteiger partial charge >= 0.3 is 0 Å². The maximum atomic E-state index is 13.1. The third-order valence-corrected chi connectivity index (χ3v) is 4.56. The van der Waals surface area contributed by atoms with E-state index < -0.39 is 11.6 Å². The lowest BCUT2D eigenvalue weighted by Gasteiger charge is -2.35. The smallest absolute Gasteiger partial charge is 0.251 e. The maximum Gasteiger partial charge on any atom is 0.251 e. The van der Waals surface area contributed by atoms with Gasteiger partial charge in [-0.2, -0.15) is 0 Å². The van der Waals surface area contributed by atoms with E-state index in [1.165, 1.54) is 6.07 Å². The Morgan fingerprint density at radius 2 is 2.19 bits per heavy atom. The molecule has 140 valence electrons. The number of rotatable bonds is 7. The van der Waals surface area contributed by atoms with Crippen LogP contribution in [0.1, 0.15) is 40.8 Å². The van der Waals surface area contributed by atoms with E-state index in [0.29, 0.717) is 31.8 Å². The highest BCUT2D eigenvalue weighted by molar-refractivity contribution is 5.94. The average Bonchev–Trinajstić information content (AvgIpc) is 3.00. The number of benzene rings is 1. The summed E-state index contributed by atoms with van der Waals surface area (Å²) in [7, 11) is 1.60. The van der Waals surface area contributed by atoms with Crippen LogP contribution in [0.4, 0.5) is 4.39 Å². The van der Waals surface area contributed by atoms with Gasteiger partial charge in [-0.15, -0.1) is 10.2 Å². The van der Waals surface area contributed by atoms with Gasteiger partial charge in [0.05, 0.1) is 6.61 Å². The van der Waals surface area contributed by atoms with Gasteiger partial charge < -0.3 is 24.8 Å². The number of nitrogens with one attached hydrogen (secondary N) is 1. The van der Waals surface area contributed by atoms with E-state index in [-0.39, 0.29) is 30.0 Å². The number of hydrogen-bond acceptors (Lipinski definition) is 6. The predicted octanol–water partition coefficient (Wildman–Crippen LogP) is 0.937. The minimum absolute atomic E-state index is 0.0372. The summed E-state index contributed by atoms with van der Waals surface area (Å²) in [6.45, 7) is 0.841. The Kier molecular flexibility index (Phi) is 5.48. The molecular weight excluding hydrogens is 343 g/mol. The first kappa shape index (κ1) is 18.3. The monoisotopic (exact) mass is 364 g/mol. The van der Waals surface area contributed by atoms with Crippen LogP contribution in [0.25, 0.3) is 0 Å². The molecule has 1 amide bonds. The van der Waals surface area contributed by atoms with E-state index in [1.54, 1.807) is 7.11 Å². The van der Waals surface area contributed by atoms with E-state index in [1.807, 2.05) is 4.57 Å². The van der Waals surface area contributed by atoms with Crippen LogP contribution < -0.4 is 5.32 Å². The Balaban J connectivity index is 1.59. The van der Waals surface area contributed by atoms with Gasteiger partial charge in [-0.1, -0.05) is 0 Å². The molecule has 0 bridgehead atoms. The van der Waals surface area contributed by atoms with Gasteiger partial charge in [-0.25, -0.2) is 4.39 Å². The van der Waals surface area contributed by atoms with Crippen molar-refractivity contribution in [2.24, 2.45) is 0 Å². The van der Waals surface area contributed by atoms with Crippen molar-refractivity contribution in [2.75, 3.05) is 13.7 Å². The van der Waals surface area contributed by atoms with Gasteiger partial charge in [0.1, 0.15) is 12.4 Å². The van der Waals surface area contributed by atoms with Crippen LogP contribution in [0.3, 0.4) is 0 Å². The number of amides is 1. The molecule has 1 heterocycles. The van der Waals surface area contributed by atoms with E-state index in [4.69, 9.17) is 4.74 Å². The highest BCUT2D eigenvalue weighted by atomic mass is 19.1. The maximum absolute atomic E-state index is 13.1. The van der Waals surface area contributed by atoms with Crippen LogP contribution in [0.15, 0.2) is 18.2 Å². The number of aromatic nitrogens is 3. The van der Waals surface area contributed by atoms with Gasteiger partial charge in [0.25, 0.3) is 5.91 Å². The zero-order chi connectivity index (χ0) is 18.7. The molecule has 0 unspecified atom stereocenters. The lowest BCUT2D eigenvalue weighted by Crippen LogP contribution is -2.44. The Morgan fingerprint density at radius 3 is 2.85 bits per heavy atom. The molecule has 9 heteroatoms. The van der Waals surface area contributed by atoms with Gasteiger partial charge in [0.2, 0.25) is 0 Å². The van der Waals surface area contributed by atoms with E-state index in [2.05, 4.69) is 15.5 Å². The van der Waals surface area contributed by atoms with Crippen LogP contribution in [-0.4, -0.2) is 50.6 Å².